The maximum atomic E-state index is 11.2. The van der Waals surface area contributed by atoms with E-state index in [0.29, 0.717) is 5.56 Å². The summed E-state index contributed by atoms with van der Waals surface area (Å²) in [6.45, 7) is 1.45. The second-order valence-corrected chi connectivity index (χ2v) is 11.5. The van der Waals surface area contributed by atoms with Crippen LogP contribution in [0.2, 0.25) is 0 Å². The SMILES string of the molecule is Cc1c(O)c(O)c(-c2c3ccccc3c(-c3ccc(-c4cccc5ccccc45)cc3)c3c2ccc2ccccc23)c(O)c1O. The third-order valence-electron chi connectivity index (χ3n) is 9.07. The standard InChI is InChI=1S/C41H28O4/c1-23-38(42)40(44)37(41(45)39(23)43)36-32-15-7-6-14-31(32)34(35-30-13-5-3-10-25(30)21-22-33(35)36)27-19-17-26(18-20-27)29-16-8-11-24-9-2-4-12-28(24)29/h2-22,42-45H,1H3. The van der Waals surface area contributed by atoms with E-state index < -0.39 is 23.0 Å². The van der Waals surface area contributed by atoms with Crippen LogP contribution in [-0.4, -0.2) is 20.4 Å². The first kappa shape index (κ1) is 26.6. The summed E-state index contributed by atoms with van der Waals surface area (Å²) >= 11 is 0. The van der Waals surface area contributed by atoms with Crippen LogP contribution in [0, 0.1) is 6.92 Å². The summed E-state index contributed by atoms with van der Waals surface area (Å²) in [4.78, 5) is 0. The molecule has 0 saturated carbocycles. The fourth-order valence-corrected chi connectivity index (χ4v) is 6.86. The summed E-state index contributed by atoms with van der Waals surface area (Å²) in [6, 6.07) is 43.4. The molecule has 0 spiro atoms. The molecule has 4 nitrogen and oxygen atoms in total. The van der Waals surface area contributed by atoms with Crippen molar-refractivity contribution in [3.05, 3.63) is 133 Å². The van der Waals surface area contributed by atoms with E-state index in [4.69, 9.17) is 0 Å². The molecule has 0 unspecified atom stereocenters. The lowest BCUT2D eigenvalue weighted by molar-refractivity contribution is 0.371. The van der Waals surface area contributed by atoms with E-state index >= 15 is 0 Å². The molecule has 0 bridgehead atoms. The predicted molar refractivity (Wildman–Crippen MR) is 184 cm³/mol. The molecule has 45 heavy (non-hydrogen) atoms. The normalized spacial score (nSPS) is 11.6. The van der Waals surface area contributed by atoms with E-state index in [9.17, 15) is 20.4 Å². The zero-order valence-corrected chi connectivity index (χ0v) is 24.4. The van der Waals surface area contributed by atoms with Crippen molar-refractivity contribution in [2.24, 2.45) is 0 Å². The van der Waals surface area contributed by atoms with Crippen LogP contribution in [0.4, 0.5) is 0 Å². The molecule has 0 fully saturated rings. The fraction of sp³-hybridized carbons (Fsp3) is 0.0244. The molecule has 0 aromatic heterocycles. The molecule has 216 valence electrons. The number of hydrogen-bond donors (Lipinski definition) is 4. The van der Waals surface area contributed by atoms with Gasteiger partial charge < -0.3 is 20.4 Å². The Kier molecular flexibility index (Phi) is 5.94. The third-order valence-corrected chi connectivity index (χ3v) is 9.07. The van der Waals surface area contributed by atoms with Crippen LogP contribution in [0.3, 0.4) is 0 Å². The molecule has 8 aromatic carbocycles. The fourth-order valence-electron chi connectivity index (χ4n) is 6.86. The lowest BCUT2D eigenvalue weighted by Crippen LogP contribution is -1.94. The monoisotopic (exact) mass is 584 g/mol. The summed E-state index contributed by atoms with van der Waals surface area (Å²) in [7, 11) is 0. The van der Waals surface area contributed by atoms with Gasteiger partial charge >= 0.3 is 0 Å². The van der Waals surface area contributed by atoms with Gasteiger partial charge in [0.25, 0.3) is 0 Å². The number of phenolic OH excluding ortho intramolecular Hbond substituents is 4. The molecule has 4 heteroatoms. The Balaban J connectivity index is 1.48. The summed E-state index contributed by atoms with van der Waals surface area (Å²) in [5.41, 5.74) is 4.85. The van der Waals surface area contributed by atoms with Gasteiger partial charge in [0, 0.05) is 11.1 Å². The summed E-state index contributed by atoms with van der Waals surface area (Å²) in [5.74, 6) is -1.89. The number of hydrogen-bond acceptors (Lipinski definition) is 4. The number of rotatable bonds is 3. The average Bonchev–Trinajstić information content (AvgIpc) is 3.09. The van der Waals surface area contributed by atoms with Crippen molar-refractivity contribution in [1.82, 2.24) is 0 Å². The smallest absolute Gasteiger partial charge is 0.169 e. The summed E-state index contributed by atoms with van der Waals surface area (Å²) in [5, 5.41) is 51.9. The molecule has 0 amide bonds. The lowest BCUT2D eigenvalue weighted by atomic mass is 9.83. The van der Waals surface area contributed by atoms with E-state index in [2.05, 4.69) is 78.9 Å². The van der Waals surface area contributed by atoms with Gasteiger partial charge in [-0.3, -0.25) is 0 Å². The molecule has 0 saturated heterocycles. The molecule has 0 aliphatic carbocycles. The topological polar surface area (TPSA) is 80.9 Å². The van der Waals surface area contributed by atoms with Crippen LogP contribution in [0.5, 0.6) is 23.0 Å². The minimum atomic E-state index is -0.477. The van der Waals surface area contributed by atoms with Crippen molar-refractivity contribution in [1.29, 1.82) is 0 Å². The quantitative estimate of drug-likeness (QED) is 0.0721. The number of benzene rings is 8. The lowest BCUT2D eigenvalue weighted by Gasteiger charge is -2.21. The van der Waals surface area contributed by atoms with Gasteiger partial charge in [-0.05, 0) is 72.3 Å². The van der Waals surface area contributed by atoms with E-state index in [1.54, 1.807) is 0 Å². The number of phenols is 4. The van der Waals surface area contributed by atoms with Crippen LogP contribution >= 0.6 is 0 Å². The van der Waals surface area contributed by atoms with Crippen molar-refractivity contribution >= 4 is 43.1 Å². The predicted octanol–water partition coefficient (Wildman–Crippen LogP) is 10.4. The molecule has 8 aromatic rings. The molecule has 0 aliphatic rings. The molecule has 0 aliphatic heterocycles. The van der Waals surface area contributed by atoms with Crippen molar-refractivity contribution in [3.8, 4) is 56.4 Å². The molecule has 0 heterocycles. The van der Waals surface area contributed by atoms with Crippen molar-refractivity contribution in [2.75, 3.05) is 0 Å². The van der Waals surface area contributed by atoms with Crippen molar-refractivity contribution in [2.45, 2.75) is 6.92 Å². The Hall–Kier alpha value is -6.00. The Morgan fingerprint density at radius 1 is 0.356 bits per heavy atom. The highest BCUT2D eigenvalue weighted by Crippen LogP contribution is 2.55. The average molecular weight is 585 g/mol. The highest BCUT2D eigenvalue weighted by molar-refractivity contribution is 6.28. The second-order valence-electron chi connectivity index (χ2n) is 11.5. The largest absolute Gasteiger partial charge is 0.504 e. The van der Waals surface area contributed by atoms with E-state index in [-0.39, 0.29) is 11.1 Å². The highest BCUT2D eigenvalue weighted by Gasteiger charge is 2.27. The minimum Gasteiger partial charge on any atom is -0.504 e. The number of fused-ring (bicyclic) bond motifs is 5. The first-order valence-corrected chi connectivity index (χ1v) is 14.9. The van der Waals surface area contributed by atoms with Crippen LogP contribution < -0.4 is 0 Å². The molecule has 4 N–H and O–H groups in total. The first-order valence-electron chi connectivity index (χ1n) is 14.9. The highest BCUT2D eigenvalue weighted by atomic mass is 16.3. The molecular weight excluding hydrogens is 556 g/mol. The zero-order valence-electron chi connectivity index (χ0n) is 24.4. The van der Waals surface area contributed by atoms with Gasteiger partial charge in [0.05, 0.1) is 5.56 Å². The van der Waals surface area contributed by atoms with Gasteiger partial charge in [0.15, 0.2) is 23.0 Å². The van der Waals surface area contributed by atoms with Gasteiger partial charge in [-0.2, -0.15) is 0 Å². The van der Waals surface area contributed by atoms with E-state index in [1.807, 2.05) is 48.5 Å². The summed E-state index contributed by atoms with van der Waals surface area (Å²) in [6.07, 6.45) is 0. The van der Waals surface area contributed by atoms with Crippen molar-refractivity contribution in [3.63, 3.8) is 0 Å². The van der Waals surface area contributed by atoms with Gasteiger partial charge in [0.2, 0.25) is 0 Å². The Bertz CT molecular complexity index is 2440. The second kappa shape index (κ2) is 10.0. The molecule has 0 atom stereocenters. The molecular formula is C41H28O4. The number of aromatic hydroxyl groups is 4. The molecule has 8 rings (SSSR count). The van der Waals surface area contributed by atoms with E-state index in [0.717, 1.165) is 49.0 Å². The van der Waals surface area contributed by atoms with Crippen LogP contribution in [0.25, 0.3) is 76.5 Å². The van der Waals surface area contributed by atoms with Gasteiger partial charge in [-0.15, -0.1) is 0 Å². The third kappa shape index (κ3) is 3.93. The zero-order chi connectivity index (χ0) is 30.8. The Morgan fingerprint density at radius 2 is 0.867 bits per heavy atom. The van der Waals surface area contributed by atoms with Crippen LogP contribution in [0.1, 0.15) is 5.56 Å². The van der Waals surface area contributed by atoms with Crippen LogP contribution in [-0.2, 0) is 0 Å². The van der Waals surface area contributed by atoms with Crippen molar-refractivity contribution < 1.29 is 20.4 Å². The van der Waals surface area contributed by atoms with Gasteiger partial charge in [0.1, 0.15) is 0 Å². The maximum Gasteiger partial charge on any atom is 0.169 e. The Labute approximate surface area is 259 Å². The summed E-state index contributed by atoms with van der Waals surface area (Å²) < 4.78 is 0. The van der Waals surface area contributed by atoms with Gasteiger partial charge in [-0.25, -0.2) is 0 Å². The first-order chi connectivity index (χ1) is 21.9. The van der Waals surface area contributed by atoms with Gasteiger partial charge in [-0.1, -0.05) is 127 Å². The maximum absolute atomic E-state index is 11.2. The Morgan fingerprint density at radius 3 is 1.53 bits per heavy atom. The van der Waals surface area contributed by atoms with Crippen LogP contribution in [0.15, 0.2) is 127 Å². The van der Waals surface area contributed by atoms with E-state index in [1.165, 1.54) is 23.3 Å². The molecule has 0 radical (unpaired) electrons. The minimum absolute atomic E-state index is 0.00932.